The van der Waals surface area contributed by atoms with E-state index < -0.39 is 0 Å². The Morgan fingerprint density at radius 2 is 1.93 bits per heavy atom. The molecule has 2 aliphatic rings. The van der Waals surface area contributed by atoms with Gasteiger partial charge >= 0.3 is 0 Å². The Bertz CT molecular complexity index is 347. The van der Waals surface area contributed by atoms with Crippen LogP contribution in [0.15, 0.2) is 18.2 Å². The van der Waals surface area contributed by atoms with Crippen molar-refractivity contribution in [3.05, 3.63) is 23.8 Å². The van der Waals surface area contributed by atoms with Gasteiger partial charge in [0.25, 0.3) is 0 Å². The molecule has 1 atom stereocenters. The van der Waals surface area contributed by atoms with Crippen molar-refractivity contribution in [2.24, 2.45) is 0 Å². The lowest BCUT2D eigenvalue weighted by atomic mass is 9.98. The fourth-order valence-electron chi connectivity index (χ4n) is 1.85. The van der Waals surface area contributed by atoms with E-state index in [-0.39, 0.29) is 0 Å². The van der Waals surface area contributed by atoms with Crippen molar-refractivity contribution in [2.45, 2.75) is 12.5 Å². The summed E-state index contributed by atoms with van der Waals surface area (Å²) in [5.41, 5.74) is 1.31. The molecule has 2 aliphatic heterocycles. The third-order valence-electron chi connectivity index (χ3n) is 2.79. The lowest BCUT2D eigenvalue weighted by Crippen LogP contribution is -2.34. The second-order valence-electron chi connectivity index (χ2n) is 3.70. The second-order valence-corrected chi connectivity index (χ2v) is 3.70. The molecule has 0 unspecified atom stereocenters. The number of ether oxygens (including phenoxy) is 2. The van der Waals surface area contributed by atoms with Crippen LogP contribution < -0.4 is 14.8 Å². The fourth-order valence-corrected chi connectivity index (χ4v) is 1.85. The summed E-state index contributed by atoms with van der Waals surface area (Å²) in [4.78, 5) is 0. The molecule has 0 bridgehead atoms. The van der Waals surface area contributed by atoms with Gasteiger partial charge in [-0.25, -0.2) is 0 Å². The summed E-state index contributed by atoms with van der Waals surface area (Å²) in [5, 5.41) is 3.37. The number of nitrogens with one attached hydrogen (secondary N) is 1. The number of hydrogen-bond acceptors (Lipinski definition) is 3. The van der Waals surface area contributed by atoms with Crippen molar-refractivity contribution < 1.29 is 9.47 Å². The maximum absolute atomic E-state index is 5.53. The topological polar surface area (TPSA) is 30.5 Å². The highest BCUT2D eigenvalue weighted by atomic mass is 16.6. The van der Waals surface area contributed by atoms with Gasteiger partial charge in [0.15, 0.2) is 11.5 Å². The van der Waals surface area contributed by atoms with E-state index in [4.69, 9.17) is 9.47 Å². The van der Waals surface area contributed by atoms with E-state index in [2.05, 4.69) is 17.4 Å². The molecule has 1 aromatic rings. The fraction of sp³-hybridized carbons (Fsp3) is 0.455. The monoisotopic (exact) mass is 191 g/mol. The lowest BCUT2D eigenvalue weighted by molar-refractivity contribution is 0.171. The first-order valence-corrected chi connectivity index (χ1v) is 5.06. The zero-order chi connectivity index (χ0) is 9.38. The standard InChI is InChI=1S/C11H13NO2/c1-2-10-11(14-6-5-13-10)7-8(1)9-3-4-12-9/h1-2,7,9,12H,3-6H2/t9-/m0/s1. The Kier molecular flexibility index (Phi) is 1.84. The summed E-state index contributed by atoms with van der Waals surface area (Å²) in [5.74, 6) is 1.77. The highest BCUT2D eigenvalue weighted by Gasteiger charge is 2.20. The molecule has 0 aromatic heterocycles. The predicted octanol–water partition coefficient (Wildman–Crippen LogP) is 1.49. The Labute approximate surface area is 83.0 Å². The minimum Gasteiger partial charge on any atom is -0.486 e. The average molecular weight is 191 g/mol. The summed E-state index contributed by atoms with van der Waals surface area (Å²) in [6, 6.07) is 6.73. The Morgan fingerprint density at radius 3 is 2.64 bits per heavy atom. The van der Waals surface area contributed by atoms with Gasteiger partial charge in [-0.1, -0.05) is 6.07 Å². The molecular weight excluding hydrogens is 178 g/mol. The molecule has 2 heterocycles. The van der Waals surface area contributed by atoms with Crippen molar-refractivity contribution in [3.8, 4) is 11.5 Å². The van der Waals surface area contributed by atoms with Crippen LogP contribution in [0.1, 0.15) is 18.0 Å². The van der Waals surface area contributed by atoms with Crippen molar-refractivity contribution >= 4 is 0 Å². The largest absolute Gasteiger partial charge is 0.486 e. The summed E-state index contributed by atoms with van der Waals surface area (Å²) < 4.78 is 11.0. The molecule has 0 saturated carbocycles. The summed E-state index contributed by atoms with van der Waals surface area (Å²) in [6.45, 7) is 2.45. The maximum atomic E-state index is 5.53. The van der Waals surface area contributed by atoms with E-state index in [0.29, 0.717) is 19.3 Å². The smallest absolute Gasteiger partial charge is 0.161 e. The first-order chi connectivity index (χ1) is 6.93. The summed E-state index contributed by atoms with van der Waals surface area (Å²) in [6.07, 6.45) is 1.22. The minimum atomic E-state index is 0.519. The van der Waals surface area contributed by atoms with E-state index >= 15 is 0 Å². The van der Waals surface area contributed by atoms with Crippen LogP contribution in [0, 0.1) is 0 Å². The highest BCUT2D eigenvalue weighted by Crippen LogP contribution is 2.34. The Hall–Kier alpha value is -1.22. The molecular formula is C11H13NO2. The van der Waals surface area contributed by atoms with Gasteiger partial charge in [0.2, 0.25) is 0 Å². The van der Waals surface area contributed by atoms with Crippen LogP contribution in [0.2, 0.25) is 0 Å². The van der Waals surface area contributed by atoms with Crippen molar-refractivity contribution in [2.75, 3.05) is 19.8 Å². The molecule has 3 heteroatoms. The minimum absolute atomic E-state index is 0.519. The van der Waals surface area contributed by atoms with Crippen molar-refractivity contribution in [1.29, 1.82) is 0 Å². The lowest BCUT2D eigenvalue weighted by Gasteiger charge is -2.29. The molecule has 74 valence electrons. The molecule has 0 amide bonds. The van der Waals surface area contributed by atoms with Crippen LogP contribution in [0.3, 0.4) is 0 Å². The summed E-state index contributed by atoms with van der Waals surface area (Å²) >= 11 is 0. The molecule has 3 rings (SSSR count). The molecule has 3 nitrogen and oxygen atoms in total. The molecule has 1 fully saturated rings. The zero-order valence-electron chi connectivity index (χ0n) is 7.95. The van der Waals surface area contributed by atoms with E-state index in [0.717, 1.165) is 18.0 Å². The van der Waals surface area contributed by atoms with Gasteiger partial charge < -0.3 is 14.8 Å². The van der Waals surface area contributed by atoms with Gasteiger partial charge in [0.05, 0.1) is 0 Å². The Morgan fingerprint density at radius 1 is 1.14 bits per heavy atom. The van der Waals surface area contributed by atoms with Gasteiger partial charge in [-0.15, -0.1) is 0 Å². The van der Waals surface area contributed by atoms with E-state index in [1.807, 2.05) is 6.07 Å². The quantitative estimate of drug-likeness (QED) is 0.729. The van der Waals surface area contributed by atoms with Gasteiger partial charge in [0, 0.05) is 6.04 Å². The molecule has 0 radical (unpaired) electrons. The van der Waals surface area contributed by atoms with Gasteiger partial charge in [-0.05, 0) is 30.7 Å². The van der Waals surface area contributed by atoms with Crippen LogP contribution in [0.25, 0.3) is 0 Å². The number of benzene rings is 1. The van der Waals surface area contributed by atoms with Gasteiger partial charge in [0.1, 0.15) is 13.2 Å². The van der Waals surface area contributed by atoms with E-state index in [9.17, 15) is 0 Å². The van der Waals surface area contributed by atoms with Crippen LogP contribution >= 0.6 is 0 Å². The number of rotatable bonds is 1. The second kappa shape index (κ2) is 3.17. The van der Waals surface area contributed by atoms with Gasteiger partial charge in [-0.2, -0.15) is 0 Å². The molecule has 1 aromatic carbocycles. The first kappa shape index (κ1) is 8.12. The average Bonchev–Trinajstić information content (AvgIpc) is 2.15. The third-order valence-corrected chi connectivity index (χ3v) is 2.79. The molecule has 1 N–H and O–H groups in total. The van der Waals surface area contributed by atoms with Crippen molar-refractivity contribution in [1.82, 2.24) is 5.32 Å². The maximum Gasteiger partial charge on any atom is 0.161 e. The number of hydrogen-bond donors (Lipinski definition) is 1. The van der Waals surface area contributed by atoms with Crippen LogP contribution in [-0.2, 0) is 0 Å². The number of fused-ring (bicyclic) bond motifs is 1. The van der Waals surface area contributed by atoms with Gasteiger partial charge in [-0.3, -0.25) is 0 Å². The molecule has 1 saturated heterocycles. The highest BCUT2D eigenvalue weighted by molar-refractivity contribution is 5.44. The van der Waals surface area contributed by atoms with Crippen LogP contribution in [0.5, 0.6) is 11.5 Å². The SMILES string of the molecule is c1cc2c(cc1[C@@H]1CCN1)OCCO2. The van der Waals surface area contributed by atoms with E-state index in [1.54, 1.807) is 0 Å². The van der Waals surface area contributed by atoms with Crippen molar-refractivity contribution in [3.63, 3.8) is 0 Å². The molecule has 0 spiro atoms. The van der Waals surface area contributed by atoms with Crippen LogP contribution in [0.4, 0.5) is 0 Å². The molecule has 0 aliphatic carbocycles. The summed E-state index contributed by atoms with van der Waals surface area (Å²) in [7, 11) is 0. The normalized spacial score (nSPS) is 24.1. The predicted molar refractivity (Wildman–Crippen MR) is 52.8 cm³/mol. The Balaban J connectivity index is 1.92. The van der Waals surface area contributed by atoms with E-state index in [1.165, 1.54) is 12.0 Å². The zero-order valence-corrected chi connectivity index (χ0v) is 7.95. The molecule has 14 heavy (non-hydrogen) atoms. The van der Waals surface area contributed by atoms with Crippen LogP contribution in [-0.4, -0.2) is 19.8 Å². The first-order valence-electron chi connectivity index (χ1n) is 5.06. The third kappa shape index (κ3) is 1.24.